The lowest BCUT2D eigenvalue weighted by atomic mass is 10.0. The highest BCUT2D eigenvalue weighted by Gasteiger charge is 2.17. The summed E-state index contributed by atoms with van der Waals surface area (Å²) in [6.45, 7) is 4.31. The molecule has 0 aromatic heterocycles. The van der Waals surface area contributed by atoms with Crippen LogP contribution in [0.15, 0.2) is 48.6 Å². The fourth-order valence-electron chi connectivity index (χ4n) is 7.99. The van der Waals surface area contributed by atoms with Gasteiger partial charge in [-0.25, -0.2) is 0 Å². The van der Waals surface area contributed by atoms with Gasteiger partial charge in [-0.2, -0.15) is 0 Å². The summed E-state index contributed by atoms with van der Waals surface area (Å²) < 4.78 is 0. The van der Waals surface area contributed by atoms with Gasteiger partial charge in [0.05, 0.1) is 18.8 Å². The Morgan fingerprint density at radius 1 is 0.407 bits per heavy atom. The second-order valence-electron chi connectivity index (χ2n) is 17.9. The molecule has 0 saturated heterocycles. The lowest BCUT2D eigenvalue weighted by molar-refractivity contribution is -0.123. The molecule has 2 unspecified atom stereocenters. The van der Waals surface area contributed by atoms with E-state index in [1.165, 1.54) is 218 Å². The van der Waals surface area contributed by atoms with Crippen molar-refractivity contribution in [2.45, 2.75) is 289 Å². The molecule has 0 aromatic rings. The van der Waals surface area contributed by atoms with Crippen LogP contribution in [0.5, 0.6) is 0 Å². The summed E-state index contributed by atoms with van der Waals surface area (Å²) in [7, 11) is 0. The van der Waals surface area contributed by atoms with Crippen LogP contribution in [-0.4, -0.2) is 34.9 Å². The van der Waals surface area contributed by atoms with Gasteiger partial charge in [-0.1, -0.05) is 255 Å². The Kier molecular flexibility index (Phi) is 49.3. The van der Waals surface area contributed by atoms with Crippen molar-refractivity contribution in [2.75, 3.05) is 6.61 Å². The van der Waals surface area contributed by atoms with E-state index in [0.717, 1.165) is 38.5 Å². The minimum atomic E-state index is -0.864. The lowest BCUT2D eigenvalue weighted by Gasteiger charge is -2.19. The monoisotopic (exact) mass is 826 g/mol. The van der Waals surface area contributed by atoms with E-state index in [2.05, 4.69) is 55.6 Å². The summed E-state index contributed by atoms with van der Waals surface area (Å²) in [5.41, 5.74) is 0. The number of hydrogen-bond donors (Lipinski definition) is 3. The first kappa shape index (κ1) is 57.3. The molecule has 4 heteroatoms. The second kappa shape index (κ2) is 50.7. The smallest absolute Gasteiger partial charge is 0.220 e. The largest absolute Gasteiger partial charge is 0.394 e. The Labute approximate surface area is 369 Å². The zero-order valence-corrected chi connectivity index (χ0v) is 39.8. The maximum atomic E-state index is 12.4. The Bertz CT molecular complexity index is 939. The summed E-state index contributed by atoms with van der Waals surface area (Å²) in [6.07, 6.45) is 69.7. The van der Waals surface area contributed by atoms with Crippen molar-refractivity contribution in [3.63, 3.8) is 0 Å². The summed E-state index contributed by atoms with van der Waals surface area (Å²) >= 11 is 0. The molecule has 0 radical (unpaired) electrons. The van der Waals surface area contributed by atoms with Crippen LogP contribution in [0.1, 0.15) is 277 Å². The molecule has 0 bridgehead atoms. The Hall–Kier alpha value is -1.65. The van der Waals surface area contributed by atoms with Gasteiger partial charge in [0.25, 0.3) is 0 Å². The van der Waals surface area contributed by atoms with Gasteiger partial charge in [0, 0.05) is 6.42 Å². The van der Waals surface area contributed by atoms with Gasteiger partial charge in [0.1, 0.15) is 0 Å². The molecule has 0 saturated carbocycles. The molecule has 4 nitrogen and oxygen atoms in total. The fourth-order valence-corrected chi connectivity index (χ4v) is 7.99. The van der Waals surface area contributed by atoms with Gasteiger partial charge in [-0.15, -0.1) is 0 Å². The fraction of sp³-hybridized carbons (Fsp3) is 0.836. The number of aliphatic hydroxyl groups is 2. The maximum Gasteiger partial charge on any atom is 0.220 e. The first-order valence-electron chi connectivity index (χ1n) is 26.4. The van der Waals surface area contributed by atoms with E-state index in [1.807, 2.05) is 6.08 Å². The summed E-state index contributed by atoms with van der Waals surface area (Å²) in [6, 6.07) is -0.641. The highest BCUT2D eigenvalue weighted by molar-refractivity contribution is 5.76. The normalized spacial score (nSPS) is 13.2. The number of carbonyl (C=O) groups is 1. The van der Waals surface area contributed by atoms with Crippen LogP contribution in [-0.2, 0) is 4.79 Å². The number of carbonyl (C=O) groups excluding carboxylic acids is 1. The molecule has 346 valence electrons. The molecule has 0 aliphatic heterocycles. The molecule has 0 rings (SSSR count). The number of amides is 1. The third kappa shape index (κ3) is 47.3. The number of nitrogens with one attached hydrogen (secondary N) is 1. The average Bonchev–Trinajstić information content (AvgIpc) is 3.24. The van der Waals surface area contributed by atoms with E-state index in [4.69, 9.17) is 0 Å². The molecule has 59 heavy (non-hydrogen) atoms. The molecule has 0 aromatic carbocycles. The minimum Gasteiger partial charge on any atom is -0.394 e. The van der Waals surface area contributed by atoms with Crippen molar-refractivity contribution in [1.29, 1.82) is 0 Å². The molecule has 1 amide bonds. The summed E-state index contributed by atoms with van der Waals surface area (Å²) in [4.78, 5) is 12.4. The molecule has 0 aliphatic carbocycles. The van der Waals surface area contributed by atoms with Gasteiger partial charge < -0.3 is 15.5 Å². The summed E-state index contributed by atoms with van der Waals surface area (Å²) in [5, 5.41) is 23.1. The molecular weight excluding hydrogens is 723 g/mol. The Balaban J connectivity index is 3.56. The summed E-state index contributed by atoms with van der Waals surface area (Å²) in [5.74, 6) is -0.0742. The van der Waals surface area contributed by atoms with Crippen molar-refractivity contribution >= 4 is 5.91 Å². The molecule has 2 atom stereocenters. The lowest BCUT2D eigenvalue weighted by Crippen LogP contribution is -2.45. The molecular formula is C55H103NO3. The van der Waals surface area contributed by atoms with Crippen molar-refractivity contribution < 1.29 is 15.0 Å². The molecule has 0 fully saturated rings. The Morgan fingerprint density at radius 2 is 0.712 bits per heavy atom. The van der Waals surface area contributed by atoms with E-state index in [0.29, 0.717) is 6.42 Å². The Morgan fingerprint density at radius 3 is 1.08 bits per heavy atom. The predicted molar refractivity (Wildman–Crippen MR) is 262 cm³/mol. The standard InChI is InChI=1S/C55H103NO3/c1-3-5-7-9-11-13-15-17-19-21-23-25-27-29-30-32-34-36-38-40-42-44-46-48-50-54(58)53(52-57)56-55(59)51-49-47-45-43-41-39-37-35-33-31-28-26-24-22-20-18-16-14-12-10-8-6-4-2/h16,18,22,24,40,42,48,50,53-54,57-58H,3-15,17,19-21,23,25-39,41,43-47,49,51-52H2,1-2H3,(H,56,59)/b18-16-,24-22-,42-40+,50-48+. The first-order chi connectivity index (χ1) is 29.2. The minimum absolute atomic E-state index is 0.0742. The van der Waals surface area contributed by atoms with Crippen LogP contribution in [0.2, 0.25) is 0 Å². The van der Waals surface area contributed by atoms with Crippen LogP contribution in [0.3, 0.4) is 0 Å². The van der Waals surface area contributed by atoms with Crippen LogP contribution < -0.4 is 5.32 Å². The third-order valence-corrected chi connectivity index (χ3v) is 12.0. The van der Waals surface area contributed by atoms with Gasteiger partial charge in [0.15, 0.2) is 0 Å². The van der Waals surface area contributed by atoms with E-state index in [9.17, 15) is 15.0 Å². The second-order valence-corrected chi connectivity index (χ2v) is 17.9. The molecule has 3 N–H and O–H groups in total. The van der Waals surface area contributed by atoms with Crippen LogP contribution in [0, 0.1) is 0 Å². The van der Waals surface area contributed by atoms with Crippen LogP contribution in [0.25, 0.3) is 0 Å². The molecule has 0 spiro atoms. The number of rotatable bonds is 48. The van der Waals surface area contributed by atoms with E-state index >= 15 is 0 Å². The van der Waals surface area contributed by atoms with Crippen molar-refractivity contribution in [3.8, 4) is 0 Å². The maximum absolute atomic E-state index is 12.4. The van der Waals surface area contributed by atoms with Gasteiger partial charge in [-0.05, 0) is 64.2 Å². The van der Waals surface area contributed by atoms with Crippen molar-refractivity contribution in [1.82, 2.24) is 5.32 Å². The SMILES string of the molecule is CCCCCCC/C=C\C/C=C\CCCCCCCCCCCCCC(=O)NC(CO)C(O)/C=C/CC/C=C/CCCCCCCCCCCCCCCCCCCC. The van der Waals surface area contributed by atoms with Crippen LogP contribution >= 0.6 is 0 Å². The van der Waals surface area contributed by atoms with Gasteiger partial charge in [-0.3, -0.25) is 4.79 Å². The average molecular weight is 826 g/mol. The topological polar surface area (TPSA) is 69.6 Å². The number of allylic oxidation sites excluding steroid dienone is 7. The third-order valence-electron chi connectivity index (χ3n) is 12.0. The number of unbranched alkanes of at least 4 members (excludes halogenated alkanes) is 35. The number of hydrogen-bond acceptors (Lipinski definition) is 3. The van der Waals surface area contributed by atoms with Gasteiger partial charge >= 0.3 is 0 Å². The van der Waals surface area contributed by atoms with E-state index < -0.39 is 12.1 Å². The zero-order chi connectivity index (χ0) is 42.8. The quantitative estimate of drug-likeness (QED) is 0.0423. The molecule has 0 aliphatic rings. The number of aliphatic hydroxyl groups excluding tert-OH is 2. The molecule has 0 heterocycles. The van der Waals surface area contributed by atoms with Crippen LogP contribution in [0.4, 0.5) is 0 Å². The van der Waals surface area contributed by atoms with E-state index in [-0.39, 0.29) is 12.5 Å². The highest BCUT2D eigenvalue weighted by Crippen LogP contribution is 2.16. The van der Waals surface area contributed by atoms with E-state index in [1.54, 1.807) is 6.08 Å². The zero-order valence-electron chi connectivity index (χ0n) is 39.8. The van der Waals surface area contributed by atoms with Crippen molar-refractivity contribution in [3.05, 3.63) is 48.6 Å². The highest BCUT2D eigenvalue weighted by atomic mass is 16.3. The van der Waals surface area contributed by atoms with Gasteiger partial charge in [0.2, 0.25) is 5.91 Å². The first-order valence-corrected chi connectivity index (χ1v) is 26.4. The van der Waals surface area contributed by atoms with Crippen molar-refractivity contribution in [2.24, 2.45) is 0 Å². The predicted octanol–water partition coefficient (Wildman–Crippen LogP) is 17.1.